The van der Waals surface area contributed by atoms with Gasteiger partial charge in [-0.15, -0.1) is 12.4 Å². The molecular formula is C59H69ClF4N4O16. The molecule has 84 heavy (non-hydrogen) atoms. The number of aromatic hydroxyl groups is 2. The van der Waals surface area contributed by atoms with E-state index in [9.17, 15) is 66.1 Å². The van der Waals surface area contributed by atoms with Crippen LogP contribution in [0.5, 0.6) is 23.0 Å². The maximum absolute atomic E-state index is 13.3. The number of fused-ring (bicyclic) bond motifs is 2. The van der Waals surface area contributed by atoms with Gasteiger partial charge < -0.3 is 49.2 Å². The van der Waals surface area contributed by atoms with Crippen molar-refractivity contribution in [3.63, 3.8) is 0 Å². The number of ketones is 5. The number of amides is 3. The Balaban J connectivity index is 0.000000197. The minimum Gasteiger partial charge on any atom is -0.507 e. The molecule has 6 aliphatic heterocycles. The summed E-state index contributed by atoms with van der Waals surface area (Å²) in [5.74, 6) is -2.94. The number of nitrogens with zero attached hydrogens (tertiary/aromatic N) is 3. The molecule has 0 atom stereocenters. The van der Waals surface area contributed by atoms with Gasteiger partial charge in [-0.3, -0.25) is 33.8 Å². The van der Waals surface area contributed by atoms with Crippen molar-refractivity contribution < 1.29 is 94.9 Å². The molecule has 2 spiro atoms. The van der Waals surface area contributed by atoms with Gasteiger partial charge in [-0.05, 0) is 118 Å². The van der Waals surface area contributed by atoms with Crippen LogP contribution in [0.25, 0.3) is 0 Å². The van der Waals surface area contributed by atoms with Crippen LogP contribution in [0, 0.1) is 23.3 Å². The molecule has 0 saturated carbocycles. The standard InChI is InChI=1S/C16H20FNO5.C16H18FNO4.C11H10FNO2.C8H7FO2.C8H13NO3.ClH/c1-15(2,3)23-14(21)18-8-16(22,9-18)7-13(20)11-5-4-10(17)6-12(11)19;1-15(2,3)22-14(20)18-8-16(9-18)7-12(19)11-5-4-10(17)6-13(11)21-16;12-7-1-2-8-9(14)4-11(5-13-6-11)15-10(8)3-7;1-5(10)7-3-2-6(9)4-8(7)11;1-8(2,3)12-7(11)9-4-6(10)5-9;/h4-6,19,22H,7-9H2,1-3H3;4-6H,7-9H2,1-3H3;1-3,13H,4-6H2;2-4,11H,1H3;4-5H2,1-3H3;1H. The fourth-order valence-corrected chi connectivity index (χ4v) is 8.82. The maximum atomic E-state index is 13.3. The SMILES string of the molecule is CC(=O)c1ccc(F)cc1O.CC(C)(C)OC(=O)N1CC(=O)C1.CC(C)(C)OC(=O)N1CC(O)(CC(=O)c2ccc(F)cc2O)C1.CC(C)(C)OC(=O)N1CC2(CC(=O)c3ccc(F)cc3O2)C1.Cl.O=C1CC2(CNC2)Oc2cc(F)ccc21. The number of benzene rings is 4. The Bertz CT molecular complexity index is 3170. The number of halogens is 5. The van der Waals surface area contributed by atoms with Crippen LogP contribution in [0.15, 0.2) is 72.8 Å². The highest BCUT2D eigenvalue weighted by atomic mass is 35.5. The lowest BCUT2D eigenvalue weighted by molar-refractivity contribution is -0.128. The first kappa shape index (κ1) is 67.0. The number of rotatable bonds is 4. The first-order valence-corrected chi connectivity index (χ1v) is 26.3. The number of likely N-dealkylation sites (tertiary alicyclic amines) is 3. The highest BCUT2D eigenvalue weighted by Crippen LogP contribution is 2.40. The fourth-order valence-electron chi connectivity index (χ4n) is 8.82. The monoisotopic (exact) mass is 1200 g/mol. The van der Waals surface area contributed by atoms with Crippen molar-refractivity contribution in [1.82, 2.24) is 20.0 Å². The first-order chi connectivity index (χ1) is 38.3. The van der Waals surface area contributed by atoms with E-state index in [0.717, 1.165) is 24.3 Å². The van der Waals surface area contributed by atoms with Crippen molar-refractivity contribution in [2.24, 2.45) is 0 Å². The second-order valence-corrected chi connectivity index (χ2v) is 23.9. The smallest absolute Gasteiger partial charge is 0.411 e. The van der Waals surface area contributed by atoms with Crippen molar-refractivity contribution in [2.45, 2.75) is 122 Å². The van der Waals surface area contributed by atoms with E-state index in [0.29, 0.717) is 36.4 Å². The number of ether oxygens (including phenoxy) is 5. The molecule has 456 valence electrons. The summed E-state index contributed by atoms with van der Waals surface area (Å²) in [5.41, 5.74) is -3.25. The lowest BCUT2D eigenvalue weighted by Gasteiger charge is -2.50. The third-order valence-corrected chi connectivity index (χ3v) is 12.7. The molecule has 4 aromatic rings. The van der Waals surface area contributed by atoms with E-state index >= 15 is 0 Å². The van der Waals surface area contributed by atoms with Crippen molar-refractivity contribution in [1.29, 1.82) is 0 Å². The number of phenolic OH excluding ortho intramolecular Hbond substituents is 2. The third kappa shape index (κ3) is 18.1. The summed E-state index contributed by atoms with van der Waals surface area (Å²) in [6.45, 7) is 19.5. The summed E-state index contributed by atoms with van der Waals surface area (Å²) in [5, 5.41) is 31.9. The molecule has 4 fully saturated rings. The summed E-state index contributed by atoms with van der Waals surface area (Å²) in [7, 11) is 0. The van der Waals surface area contributed by atoms with Crippen molar-refractivity contribution >= 4 is 59.6 Å². The van der Waals surface area contributed by atoms with Crippen molar-refractivity contribution in [3.8, 4) is 23.0 Å². The van der Waals surface area contributed by atoms with E-state index in [4.69, 9.17) is 28.8 Å². The third-order valence-electron chi connectivity index (χ3n) is 12.7. The van der Waals surface area contributed by atoms with Crippen LogP contribution in [0.2, 0.25) is 0 Å². The number of phenols is 2. The molecule has 6 heterocycles. The lowest BCUT2D eigenvalue weighted by Crippen LogP contribution is -2.68. The number of nitrogens with one attached hydrogen (secondary N) is 1. The topological polar surface area (TPSA) is 265 Å². The number of hydrogen-bond donors (Lipinski definition) is 4. The molecule has 3 amide bonds. The summed E-state index contributed by atoms with van der Waals surface area (Å²) in [4.78, 5) is 96.3. The molecule has 0 unspecified atom stereocenters. The van der Waals surface area contributed by atoms with Gasteiger partial charge in [0, 0.05) is 43.8 Å². The Morgan fingerprint density at radius 2 is 0.929 bits per heavy atom. The van der Waals surface area contributed by atoms with Crippen molar-refractivity contribution in [2.75, 3.05) is 52.4 Å². The van der Waals surface area contributed by atoms with Crippen LogP contribution in [0.1, 0.15) is 130 Å². The maximum Gasteiger partial charge on any atom is 0.411 e. The highest BCUT2D eigenvalue weighted by Gasteiger charge is 2.53. The minimum atomic E-state index is -1.37. The van der Waals surface area contributed by atoms with E-state index in [-0.39, 0.29) is 116 Å². The van der Waals surface area contributed by atoms with E-state index in [1.54, 1.807) is 62.3 Å². The molecule has 4 N–H and O–H groups in total. The van der Waals surface area contributed by atoms with E-state index in [1.165, 1.54) is 70.2 Å². The van der Waals surface area contributed by atoms with Gasteiger partial charge in [0.2, 0.25) is 0 Å². The molecule has 25 heteroatoms. The van der Waals surface area contributed by atoms with E-state index in [1.807, 2.05) is 0 Å². The van der Waals surface area contributed by atoms with Gasteiger partial charge >= 0.3 is 18.3 Å². The number of carbonyl (C=O) groups is 8. The number of Topliss-reactive ketones (excluding diaryl/α,β-unsaturated/α-hetero) is 5. The Hall–Kier alpha value is -7.83. The quantitative estimate of drug-likeness (QED) is 0.0843. The zero-order chi connectivity index (χ0) is 61.8. The minimum absolute atomic E-state index is 0. The van der Waals surface area contributed by atoms with Gasteiger partial charge in [-0.25, -0.2) is 31.9 Å². The molecule has 0 aromatic heterocycles. The average molecular weight is 1200 g/mol. The van der Waals surface area contributed by atoms with Crippen LogP contribution in [-0.2, 0) is 19.0 Å². The summed E-state index contributed by atoms with van der Waals surface area (Å²) in [6.07, 6.45) is -1.09. The second-order valence-electron chi connectivity index (χ2n) is 23.9. The van der Waals surface area contributed by atoms with Crippen LogP contribution < -0.4 is 14.8 Å². The summed E-state index contributed by atoms with van der Waals surface area (Å²) in [6, 6.07) is 14.3. The van der Waals surface area contributed by atoms with Crippen molar-refractivity contribution in [3.05, 3.63) is 118 Å². The van der Waals surface area contributed by atoms with Crippen LogP contribution in [-0.4, -0.2) is 163 Å². The Labute approximate surface area is 488 Å². The van der Waals surface area contributed by atoms with Gasteiger partial charge in [-0.2, -0.15) is 0 Å². The molecule has 4 aromatic carbocycles. The summed E-state index contributed by atoms with van der Waals surface area (Å²) >= 11 is 0. The molecule has 20 nitrogen and oxygen atoms in total. The average Bonchev–Trinajstić information content (AvgIpc) is 1.10. The number of hydrogen-bond acceptors (Lipinski definition) is 17. The number of carbonyl (C=O) groups excluding carboxylic acids is 8. The highest BCUT2D eigenvalue weighted by molar-refractivity contribution is 6.02. The normalized spacial score (nSPS) is 17.2. The largest absolute Gasteiger partial charge is 0.507 e. The molecule has 0 bridgehead atoms. The predicted octanol–water partition coefficient (Wildman–Crippen LogP) is 8.96. The van der Waals surface area contributed by atoms with Gasteiger partial charge in [-0.1, -0.05) is 0 Å². The zero-order valence-electron chi connectivity index (χ0n) is 48.1. The van der Waals surface area contributed by atoms with Gasteiger partial charge in [0.25, 0.3) is 0 Å². The Morgan fingerprint density at radius 3 is 1.31 bits per heavy atom. The molecule has 0 aliphatic carbocycles. The van der Waals surface area contributed by atoms with Crippen LogP contribution in [0.3, 0.4) is 0 Å². The van der Waals surface area contributed by atoms with Crippen LogP contribution in [0.4, 0.5) is 31.9 Å². The molecule has 0 radical (unpaired) electrons. The van der Waals surface area contributed by atoms with E-state index < -0.39 is 80.9 Å². The second kappa shape index (κ2) is 26.0. The zero-order valence-corrected chi connectivity index (χ0v) is 48.9. The predicted molar refractivity (Wildman–Crippen MR) is 296 cm³/mol. The number of aliphatic hydroxyl groups is 1. The fraction of sp³-hybridized carbons (Fsp3) is 0.458. The van der Waals surface area contributed by atoms with Crippen LogP contribution >= 0.6 is 12.4 Å². The summed E-state index contributed by atoms with van der Waals surface area (Å²) < 4.78 is 78.5. The molecule has 4 saturated heterocycles. The number of β-amino-alcohol motifs (C(OH)–C–C–N with tert-alkyl or cyclic N) is 1. The van der Waals surface area contributed by atoms with Gasteiger partial charge in [0.15, 0.2) is 34.5 Å². The molecule has 6 aliphatic rings. The Kier molecular flexibility index (Phi) is 20.7. The Morgan fingerprint density at radius 1 is 0.560 bits per heavy atom. The first-order valence-electron chi connectivity index (χ1n) is 26.3. The van der Waals surface area contributed by atoms with E-state index in [2.05, 4.69) is 5.32 Å². The van der Waals surface area contributed by atoms with Gasteiger partial charge in [0.05, 0.1) is 74.4 Å². The molecule has 10 rings (SSSR count). The molecular weight excluding hydrogens is 1130 g/mol. The lowest BCUT2D eigenvalue weighted by atomic mass is 9.84. The van der Waals surface area contributed by atoms with Gasteiger partial charge in [0.1, 0.15) is 74.3 Å².